The van der Waals surface area contributed by atoms with Crippen LogP contribution in [0.1, 0.15) is 25.3 Å². The lowest BCUT2D eigenvalue weighted by Gasteiger charge is -2.31. The van der Waals surface area contributed by atoms with Crippen LogP contribution in [0.3, 0.4) is 0 Å². The number of aromatic nitrogens is 4. The van der Waals surface area contributed by atoms with Gasteiger partial charge in [-0.25, -0.2) is 14.8 Å². The fraction of sp³-hybridized carbons (Fsp3) is 0.364. The van der Waals surface area contributed by atoms with Gasteiger partial charge in [-0.1, -0.05) is 25.1 Å². The number of hydrogen-bond donors (Lipinski definition) is 2. The first-order valence-corrected chi connectivity index (χ1v) is 10.3. The van der Waals surface area contributed by atoms with Gasteiger partial charge in [0.15, 0.2) is 5.82 Å². The molecule has 30 heavy (non-hydrogen) atoms. The van der Waals surface area contributed by atoms with Crippen LogP contribution in [0.5, 0.6) is 0 Å². The van der Waals surface area contributed by atoms with Gasteiger partial charge in [0.05, 0.1) is 0 Å². The molecule has 8 nitrogen and oxygen atoms in total. The largest absolute Gasteiger partial charge is 0.357 e. The lowest BCUT2D eigenvalue weighted by atomic mass is 9.99. The summed E-state index contributed by atoms with van der Waals surface area (Å²) in [5, 5.41) is 10.0. The summed E-state index contributed by atoms with van der Waals surface area (Å²) in [5.74, 6) is 2.43. The summed E-state index contributed by atoms with van der Waals surface area (Å²) < 4.78 is 1.65. The highest BCUT2D eigenvalue weighted by molar-refractivity contribution is 5.89. The predicted octanol–water partition coefficient (Wildman–Crippen LogP) is 3.44. The average Bonchev–Trinajstić information content (AvgIpc) is 3.20. The van der Waals surface area contributed by atoms with Crippen LogP contribution in [-0.2, 0) is 13.6 Å². The third-order valence-electron chi connectivity index (χ3n) is 5.35. The van der Waals surface area contributed by atoms with Crippen molar-refractivity contribution in [1.82, 2.24) is 25.1 Å². The molecule has 8 heteroatoms. The Hall–Kier alpha value is -3.42. The van der Waals surface area contributed by atoms with Crippen molar-refractivity contribution in [2.45, 2.75) is 26.3 Å². The number of nitrogens with one attached hydrogen (secondary N) is 2. The van der Waals surface area contributed by atoms with E-state index in [9.17, 15) is 4.79 Å². The fourth-order valence-electron chi connectivity index (χ4n) is 3.51. The highest BCUT2D eigenvalue weighted by Gasteiger charge is 2.16. The lowest BCUT2D eigenvalue weighted by molar-refractivity contribution is 0.251. The molecule has 0 aliphatic carbocycles. The van der Waals surface area contributed by atoms with Gasteiger partial charge < -0.3 is 15.5 Å². The van der Waals surface area contributed by atoms with Crippen molar-refractivity contribution in [3.63, 3.8) is 0 Å². The number of carbonyl (C=O) groups excluding carboxylic acids is 1. The molecule has 1 saturated heterocycles. The van der Waals surface area contributed by atoms with Crippen molar-refractivity contribution in [1.29, 1.82) is 0 Å². The average molecular weight is 406 g/mol. The van der Waals surface area contributed by atoms with Crippen LogP contribution in [0.25, 0.3) is 11.4 Å². The Labute approximate surface area is 176 Å². The van der Waals surface area contributed by atoms with Gasteiger partial charge in [-0.3, -0.25) is 4.68 Å². The summed E-state index contributed by atoms with van der Waals surface area (Å²) in [7, 11) is 1.82. The second kappa shape index (κ2) is 8.94. The van der Waals surface area contributed by atoms with E-state index in [1.54, 1.807) is 11.0 Å². The fourth-order valence-corrected chi connectivity index (χ4v) is 3.51. The van der Waals surface area contributed by atoms with E-state index < -0.39 is 0 Å². The van der Waals surface area contributed by atoms with Crippen LogP contribution >= 0.6 is 0 Å². The van der Waals surface area contributed by atoms with Gasteiger partial charge in [-0.15, -0.1) is 0 Å². The van der Waals surface area contributed by atoms with E-state index in [2.05, 4.69) is 37.5 Å². The Balaban J connectivity index is 1.30. The Kier molecular flexibility index (Phi) is 5.92. The summed E-state index contributed by atoms with van der Waals surface area (Å²) >= 11 is 0. The van der Waals surface area contributed by atoms with Crippen molar-refractivity contribution in [3.8, 4) is 11.4 Å². The molecule has 1 aliphatic rings. The zero-order valence-electron chi connectivity index (χ0n) is 17.4. The summed E-state index contributed by atoms with van der Waals surface area (Å²) in [6.07, 6.45) is 5.90. The number of rotatable bonds is 5. The molecule has 1 aromatic carbocycles. The first kappa shape index (κ1) is 19.9. The maximum absolute atomic E-state index is 12.3. The smallest absolute Gasteiger partial charge is 0.319 e. The first-order valence-electron chi connectivity index (χ1n) is 10.3. The maximum atomic E-state index is 12.3. The molecule has 156 valence electrons. The van der Waals surface area contributed by atoms with E-state index in [-0.39, 0.29) is 6.03 Å². The normalized spacial score (nSPS) is 14.5. The molecule has 2 amide bonds. The van der Waals surface area contributed by atoms with Crippen LogP contribution in [0, 0.1) is 5.92 Å². The lowest BCUT2D eigenvalue weighted by Crippen LogP contribution is -2.33. The molecule has 0 bridgehead atoms. The Morgan fingerprint density at radius 1 is 1.17 bits per heavy atom. The third kappa shape index (κ3) is 4.94. The number of piperidine rings is 1. The van der Waals surface area contributed by atoms with E-state index in [1.807, 2.05) is 49.6 Å². The molecule has 1 fully saturated rings. The zero-order chi connectivity index (χ0) is 20.9. The van der Waals surface area contributed by atoms with Gasteiger partial charge in [-0.2, -0.15) is 5.10 Å². The summed E-state index contributed by atoms with van der Waals surface area (Å²) in [6, 6.07) is 11.3. The monoisotopic (exact) mass is 405 g/mol. The standard InChI is InChI=1S/C22H27N7O/c1-16-8-10-29(11-9-16)20-7-6-17(13-23-20)14-24-22(30)26-19-5-3-4-18(12-19)21-25-15-28(2)27-21/h3-7,12-13,15-16H,8-11,14H2,1-2H3,(H2,24,26,30). The van der Waals surface area contributed by atoms with Crippen LogP contribution in [0.4, 0.5) is 16.3 Å². The molecular weight excluding hydrogens is 378 g/mol. The zero-order valence-corrected chi connectivity index (χ0v) is 17.4. The third-order valence-corrected chi connectivity index (χ3v) is 5.35. The number of amides is 2. The molecule has 0 atom stereocenters. The molecule has 0 saturated carbocycles. The number of anilines is 2. The summed E-state index contributed by atoms with van der Waals surface area (Å²) in [6.45, 7) is 4.83. The molecule has 0 radical (unpaired) electrons. The van der Waals surface area contributed by atoms with E-state index in [0.717, 1.165) is 36.0 Å². The topological polar surface area (TPSA) is 88.0 Å². The van der Waals surface area contributed by atoms with Gasteiger partial charge in [0.25, 0.3) is 0 Å². The number of urea groups is 1. The minimum Gasteiger partial charge on any atom is -0.357 e. The predicted molar refractivity (Wildman–Crippen MR) is 117 cm³/mol. The molecule has 2 N–H and O–H groups in total. The second-order valence-electron chi connectivity index (χ2n) is 7.82. The number of hydrogen-bond acceptors (Lipinski definition) is 5. The van der Waals surface area contributed by atoms with Crippen molar-refractivity contribution >= 4 is 17.5 Å². The van der Waals surface area contributed by atoms with Gasteiger partial charge >= 0.3 is 6.03 Å². The van der Waals surface area contributed by atoms with Crippen molar-refractivity contribution in [2.24, 2.45) is 13.0 Å². The summed E-state index contributed by atoms with van der Waals surface area (Å²) in [5.41, 5.74) is 2.50. The minimum absolute atomic E-state index is 0.268. The number of carbonyl (C=O) groups is 1. The van der Waals surface area contributed by atoms with Gasteiger partial charge in [0, 0.05) is 44.1 Å². The second-order valence-corrected chi connectivity index (χ2v) is 7.82. The molecule has 0 spiro atoms. The molecular formula is C22H27N7O. The van der Waals surface area contributed by atoms with Crippen LogP contribution in [0.2, 0.25) is 0 Å². The molecule has 2 aromatic heterocycles. The van der Waals surface area contributed by atoms with Crippen LogP contribution < -0.4 is 15.5 Å². The number of nitrogens with zero attached hydrogens (tertiary/aromatic N) is 5. The summed E-state index contributed by atoms with van der Waals surface area (Å²) in [4.78, 5) is 23.4. The Bertz CT molecular complexity index is 991. The van der Waals surface area contributed by atoms with Crippen molar-refractivity contribution in [3.05, 3.63) is 54.5 Å². The van der Waals surface area contributed by atoms with Gasteiger partial charge in [0.2, 0.25) is 0 Å². The number of benzene rings is 1. The van der Waals surface area contributed by atoms with E-state index in [0.29, 0.717) is 18.1 Å². The van der Waals surface area contributed by atoms with Crippen LogP contribution in [-0.4, -0.2) is 38.9 Å². The highest BCUT2D eigenvalue weighted by Crippen LogP contribution is 2.21. The van der Waals surface area contributed by atoms with Crippen molar-refractivity contribution < 1.29 is 4.79 Å². The maximum Gasteiger partial charge on any atom is 0.319 e. The highest BCUT2D eigenvalue weighted by atomic mass is 16.2. The molecule has 0 unspecified atom stereocenters. The Morgan fingerprint density at radius 3 is 2.70 bits per heavy atom. The van der Waals surface area contributed by atoms with Gasteiger partial charge in [0.1, 0.15) is 12.1 Å². The molecule has 3 heterocycles. The van der Waals surface area contributed by atoms with Crippen molar-refractivity contribution in [2.75, 3.05) is 23.3 Å². The molecule has 1 aliphatic heterocycles. The number of aryl methyl sites for hydroxylation is 1. The van der Waals surface area contributed by atoms with E-state index >= 15 is 0 Å². The SMILES string of the molecule is CC1CCN(c2ccc(CNC(=O)Nc3cccc(-c4ncn(C)n4)c3)cn2)CC1. The molecule has 3 aromatic rings. The first-order chi connectivity index (χ1) is 14.6. The number of pyridine rings is 1. The van der Waals surface area contributed by atoms with Gasteiger partial charge in [-0.05, 0) is 42.5 Å². The van der Waals surface area contributed by atoms with Crippen LogP contribution in [0.15, 0.2) is 48.9 Å². The van der Waals surface area contributed by atoms with E-state index in [1.165, 1.54) is 12.8 Å². The Morgan fingerprint density at radius 2 is 2.00 bits per heavy atom. The molecule has 4 rings (SSSR count). The quantitative estimate of drug-likeness (QED) is 0.679. The minimum atomic E-state index is -0.268. The van der Waals surface area contributed by atoms with E-state index in [4.69, 9.17) is 0 Å².